The van der Waals surface area contributed by atoms with E-state index in [1.807, 2.05) is 11.9 Å². The van der Waals surface area contributed by atoms with E-state index in [0.717, 1.165) is 17.4 Å². The highest BCUT2D eigenvalue weighted by Gasteiger charge is 2.43. The van der Waals surface area contributed by atoms with Crippen LogP contribution in [-0.2, 0) is 11.3 Å². The van der Waals surface area contributed by atoms with Crippen molar-refractivity contribution in [3.63, 3.8) is 0 Å². The largest absolute Gasteiger partial charge is 0.340 e. The minimum absolute atomic E-state index is 0.206. The third-order valence-corrected chi connectivity index (χ3v) is 5.69. The third-order valence-electron chi connectivity index (χ3n) is 4.01. The van der Waals surface area contributed by atoms with Crippen LogP contribution in [0.15, 0.2) is 15.9 Å². The fourth-order valence-corrected chi connectivity index (χ4v) is 4.63. The van der Waals surface area contributed by atoms with Gasteiger partial charge in [0.1, 0.15) is 0 Å². The van der Waals surface area contributed by atoms with Gasteiger partial charge < -0.3 is 10.2 Å². The number of nitrogens with one attached hydrogen (secondary N) is 1. The minimum atomic E-state index is 0.206. The second-order valence-electron chi connectivity index (χ2n) is 5.32. The molecule has 5 heteroatoms. The van der Waals surface area contributed by atoms with Crippen LogP contribution in [0.2, 0.25) is 0 Å². The average Bonchev–Trinajstić information content (AvgIpc) is 3.04. The second kappa shape index (κ2) is 4.94. The molecule has 1 N–H and O–H groups in total. The normalized spacial score (nSPS) is 29.8. The summed E-state index contributed by atoms with van der Waals surface area (Å²) < 4.78 is 1.10. The monoisotopic (exact) mass is 328 g/mol. The lowest BCUT2D eigenvalue weighted by atomic mass is 9.88. The molecule has 1 amide bonds. The zero-order valence-corrected chi connectivity index (χ0v) is 12.8. The van der Waals surface area contributed by atoms with Crippen LogP contribution in [0.4, 0.5) is 0 Å². The molecule has 0 saturated carbocycles. The SMILES string of the molecule is CN(Cc1cc(Br)cs1)C(=O)C1CC2CCC1N2. The second-order valence-corrected chi connectivity index (χ2v) is 7.23. The van der Waals surface area contributed by atoms with Crippen molar-refractivity contribution in [1.82, 2.24) is 10.2 Å². The maximum atomic E-state index is 12.4. The van der Waals surface area contributed by atoms with E-state index in [-0.39, 0.29) is 5.92 Å². The van der Waals surface area contributed by atoms with Gasteiger partial charge in [-0.3, -0.25) is 4.79 Å². The number of hydrogen-bond donors (Lipinski definition) is 1. The first-order chi connectivity index (χ1) is 8.63. The van der Waals surface area contributed by atoms with E-state index in [0.29, 0.717) is 18.0 Å². The Labute approximate surface area is 120 Å². The molecule has 3 unspecified atom stereocenters. The van der Waals surface area contributed by atoms with Gasteiger partial charge >= 0.3 is 0 Å². The maximum absolute atomic E-state index is 12.4. The zero-order chi connectivity index (χ0) is 12.7. The molecule has 2 aliphatic heterocycles. The predicted molar refractivity (Wildman–Crippen MR) is 76.5 cm³/mol. The Balaban J connectivity index is 1.62. The molecule has 0 spiro atoms. The molecule has 1 aromatic heterocycles. The Morgan fingerprint density at radius 2 is 2.44 bits per heavy atom. The molecule has 0 radical (unpaired) electrons. The van der Waals surface area contributed by atoms with Crippen LogP contribution in [0.1, 0.15) is 24.1 Å². The summed E-state index contributed by atoms with van der Waals surface area (Å²) in [4.78, 5) is 15.5. The summed E-state index contributed by atoms with van der Waals surface area (Å²) in [7, 11) is 1.92. The van der Waals surface area contributed by atoms with Crippen molar-refractivity contribution in [2.24, 2.45) is 5.92 Å². The molecule has 3 nitrogen and oxygen atoms in total. The summed E-state index contributed by atoms with van der Waals surface area (Å²) in [5, 5.41) is 5.59. The summed E-state index contributed by atoms with van der Waals surface area (Å²) in [6.45, 7) is 0.725. The lowest BCUT2D eigenvalue weighted by molar-refractivity contribution is -0.135. The summed E-state index contributed by atoms with van der Waals surface area (Å²) in [6.07, 6.45) is 3.44. The van der Waals surface area contributed by atoms with E-state index in [4.69, 9.17) is 0 Å². The Morgan fingerprint density at radius 3 is 3.00 bits per heavy atom. The summed E-state index contributed by atoms with van der Waals surface area (Å²) >= 11 is 5.15. The number of nitrogens with zero attached hydrogens (tertiary/aromatic N) is 1. The first-order valence-electron chi connectivity index (χ1n) is 6.37. The van der Waals surface area contributed by atoms with Gasteiger partial charge in [-0.05, 0) is 41.3 Å². The molecule has 18 heavy (non-hydrogen) atoms. The molecule has 98 valence electrons. The standard InChI is InChI=1S/C13H17BrN2OS/c1-16(6-10-4-8(14)7-18-10)13(17)11-5-9-2-3-12(11)15-9/h4,7,9,11-12,15H,2-3,5-6H2,1H3. The number of amides is 1. The Hall–Kier alpha value is -0.390. The van der Waals surface area contributed by atoms with Crippen molar-refractivity contribution >= 4 is 33.2 Å². The molecule has 1 aromatic rings. The summed E-state index contributed by atoms with van der Waals surface area (Å²) in [5.41, 5.74) is 0. The van der Waals surface area contributed by atoms with Crippen LogP contribution in [0.25, 0.3) is 0 Å². The Morgan fingerprint density at radius 1 is 1.61 bits per heavy atom. The average molecular weight is 329 g/mol. The van der Waals surface area contributed by atoms with Crippen molar-refractivity contribution in [3.8, 4) is 0 Å². The molecule has 3 rings (SSSR count). The molecular weight excluding hydrogens is 312 g/mol. The van der Waals surface area contributed by atoms with Gasteiger partial charge in [0.2, 0.25) is 5.91 Å². The fourth-order valence-electron chi connectivity index (χ4n) is 3.13. The van der Waals surface area contributed by atoms with Crippen LogP contribution in [-0.4, -0.2) is 29.9 Å². The number of halogens is 1. The van der Waals surface area contributed by atoms with Crippen molar-refractivity contribution in [1.29, 1.82) is 0 Å². The lowest BCUT2D eigenvalue weighted by Crippen LogP contribution is -2.38. The van der Waals surface area contributed by atoms with Gasteiger partial charge in [0.25, 0.3) is 0 Å². The van der Waals surface area contributed by atoms with E-state index in [9.17, 15) is 4.79 Å². The Bertz CT molecular complexity index is 462. The molecule has 3 heterocycles. The summed E-state index contributed by atoms with van der Waals surface area (Å²) in [5.74, 6) is 0.511. The first-order valence-corrected chi connectivity index (χ1v) is 8.04. The molecule has 0 aromatic carbocycles. The van der Waals surface area contributed by atoms with Gasteiger partial charge in [0.05, 0.1) is 12.5 Å². The number of carbonyl (C=O) groups is 1. The van der Waals surface area contributed by atoms with Crippen LogP contribution in [0.3, 0.4) is 0 Å². The van der Waals surface area contributed by atoms with Crippen molar-refractivity contribution in [3.05, 3.63) is 20.8 Å². The first kappa shape index (κ1) is 12.6. The van der Waals surface area contributed by atoms with E-state index < -0.39 is 0 Å². The number of fused-ring (bicyclic) bond motifs is 2. The molecule has 2 aliphatic rings. The van der Waals surface area contributed by atoms with E-state index in [1.165, 1.54) is 17.7 Å². The van der Waals surface area contributed by atoms with Crippen LogP contribution in [0.5, 0.6) is 0 Å². The topological polar surface area (TPSA) is 32.3 Å². The number of rotatable bonds is 3. The Kier molecular flexibility index (Phi) is 3.47. The van der Waals surface area contributed by atoms with Crippen LogP contribution < -0.4 is 5.32 Å². The van der Waals surface area contributed by atoms with Gasteiger partial charge in [-0.25, -0.2) is 0 Å². The predicted octanol–water partition coefficient (Wildman–Crippen LogP) is 2.61. The molecule has 2 fully saturated rings. The van der Waals surface area contributed by atoms with Gasteiger partial charge in [-0.1, -0.05) is 0 Å². The highest BCUT2D eigenvalue weighted by atomic mass is 79.9. The van der Waals surface area contributed by atoms with Crippen molar-refractivity contribution < 1.29 is 4.79 Å². The number of hydrogen-bond acceptors (Lipinski definition) is 3. The number of thiophene rings is 1. The third kappa shape index (κ3) is 2.36. The molecule has 2 saturated heterocycles. The minimum Gasteiger partial charge on any atom is -0.340 e. The molecule has 2 bridgehead atoms. The van der Waals surface area contributed by atoms with E-state index >= 15 is 0 Å². The molecule has 3 atom stereocenters. The van der Waals surface area contributed by atoms with Gasteiger partial charge in [0, 0.05) is 33.9 Å². The molecular formula is C13H17BrN2OS. The van der Waals surface area contributed by atoms with Gasteiger partial charge in [0.15, 0.2) is 0 Å². The van der Waals surface area contributed by atoms with E-state index in [2.05, 4.69) is 32.7 Å². The van der Waals surface area contributed by atoms with Crippen molar-refractivity contribution in [2.75, 3.05) is 7.05 Å². The smallest absolute Gasteiger partial charge is 0.227 e. The number of carbonyl (C=O) groups excluding carboxylic acids is 1. The van der Waals surface area contributed by atoms with Gasteiger partial charge in [-0.2, -0.15) is 0 Å². The summed E-state index contributed by atoms with van der Waals surface area (Å²) in [6, 6.07) is 3.11. The lowest BCUT2D eigenvalue weighted by Gasteiger charge is -2.25. The highest BCUT2D eigenvalue weighted by Crippen LogP contribution is 2.34. The highest BCUT2D eigenvalue weighted by molar-refractivity contribution is 9.10. The molecule has 0 aliphatic carbocycles. The van der Waals surface area contributed by atoms with Crippen LogP contribution >= 0.6 is 27.3 Å². The van der Waals surface area contributed by atoms with Gasteiger partial charge in [-0.15, -0.1) is 11.3 Å². The zero-order valence-electron chi connectivity index (χ0n) is 10.4. The van der Waals surface area contributed by atoms with Crippen molar-refractivity contribution in [2.45, 2.75) is 37.9 Å². The van der Waals surface area contributed by atoms with Crippen LogP contribution in [0, 0.1) is 5.92 Å². The quantitative estimate of drug-likeness (QED) is 0.925. The van der Waals surface area contributed by atoms with E-state index in [1.54, 1.807) is 11.3 Å². The maximum Gasteiger partial charge on any atom is 0.227 e. The fraction of sp³-hybridized carbons (Fsp3) is 0.615.